The summed E-state index contributed by atoms with van der Waals surface area (Å²) in [5.74, 6) is 0. The summed E-state index contributed by atoms with van der Waals surface area (Å²) in [6.07, 6.45) is 0. The highest BCUT2D eigenvalue weighted by atomic mass is 35.5. The predicted molar refractivity (Wildman–Crippen MR) is 65.7 cm³/mol. The fraction of sp³-hybridized carbons (Fsp3) is 0.500. The zero-order valence-electron chi connectivity index (χ0n) is 9.19. The molecule has 1 aliphatic heterocycles. The van der Waals surface area contributed by atoms with Gasteiger partial charge in [-0.3, -0.25) is 4.90 Å². The maximum atomic E-state index is 9.51. The van der Waals surface area contributed by atoms with Crippen LogP contribution in [-0.2, 0) is 0 Å². The van der Waals surface area contributed by atoms with Gasteiger partial charge in [0, 0.05) is 31.2 Å². The van der Waals surface area contributed by atoms with Gasteiger partial charge < -0.3 is 10.4 Å². The van der Waals surface area contributed by atoms with Gasteiger partial charge in [-0.2, -0.15) is 0 Å². The van der Waals surface area contributed by atoms with Gasteiger partial charge in [-0.25, -0.2) is 0 Å². The molecule has 1 heterocycles. The van der Waals surface area contributed by atoms with Gasteiger partial charge in [-0.05, 0) is 17.7 Å². The van der Waals surface area contributed by atoms with Crippen LogP contribution in [0.2, 0.25) is 5.02 Å². The molecular weight excluding hydrogens is 224 g/mol. The molecular formula is C12H17ClN2O. The van der Waals surface area contributed by atoms with Crippen molar-refractivity contribution < 1.29 is 5.11 Å². The number of piperazine rings is 1. The van der Waals surface area contributed by atoms with Crippen molar-refractivity contribution in [2.75, 3.05) is 32.8 Å². The maximum absolute atomic E-state index is 9.51. The third kappa shape index (κ3) is 2.74. The number of halogens is 1. The minimum absolute atomic E-state index is 0.0966. The van der Waals surface area contributed by atoms with E-state index in [2.05, 4.69) is 10.2 Å². The number of aliphatic hydroxyl groups excluding tert-OH is 1. The SMILES string of the molecule is OC[C@H](c1ccc(Cl)cc1)N1CCNCC1. The fourth-order valence-electron chi connectivity index (χ4n) is 2.11. The first-order chi connectivity index (χ1) is 7.81. The number of hydrogen-bond donors (Lipinski definition) is 2. The summed E-state index contributed by atoms with van der Waals surface area (Å²) in [5.41, 5.74) is 1.13. The first-order valence-electron chi connectivity index (χ1n) is 5.62. The van der Waals surface area contributed by atoms with Crippen molar-refractivity contribution in [2.45, 2.75) is 6.04 Å². The van der Waals surface area contributed by atoms with Crippen LogP contribution >= 0.6 is 11.6 Å². The maximum Gasteiger partial charge on any atom is 0.0628 e. The summed E-state index contributed by atoms with van der Waals surface area (Å²) in [7, 11) is 0. The molecule has 0 amide bonds. The molecule has 1 atom stereocenters. The summed E-state index contributed by atoms with van der Waals surface area (Å²) >= 11 is 5.86. The van der Waals surface area contributed by atoms with Crippen LogP contribution in [0.4, 0.5) is 0 Å². The molecule has 16 heavy (non-hydrogen) atoms. The van der Waals surface area contributed by atoms with E-state index in [1.54, 1.807) is 0 Å². The second kappa shape index (κ2) is 5.64. The lowest BCUT2D eigenvalue weighted by Crippen LogP contribution is -2.46. The first kappa shape index (κ1) is 11.9. The minimum atomic E-state index is 0.0966. The van der Waals surface area contributed by atoms with Gasteiger partial charge in [-0.15, -0.1) is 0 Å². The first-order valence-corrected chi connectivity index (χ1v) is 6.00. The van der Waals surface area contributed by atoms with Crippen molar-refractivity contribution in [1.82, 2.24) is 10.2 Å². The van der Waals surface area contributed by atoms with E-state index in [1.807, 2.05) is 24.3 Å². The molecule has 0 aliphatic carbocycles. The molecule has 2 N–H and O–H groups in total. The summed E-state index contributed by atoms with van der Waals surface area (Å²) in [5, 5.41) is 13.6. The molecule has 1 aromatic carbocycles. The number of nitrogens with zero attached hydrogens (tertiary/aromatic N) is 1. The third-order valence-electron chi connectivity index (χ3n) is 3.02. The van der Waals surface area contributed by atoms with E-state index in [1.165, 1.54) is 0 Å². The van der Waals surface area contributed by atoms with E-state index in [-0.39, 0.29) is 12.6 Å². The normalized spacial score (nSPS) is 19.6. The van der Waals surface area contributed by atoms with E-state index in [0.29, 0.717) is 0 Å². The third-order valence-corrected chi connectivity index (χ3v) is 3.27. The smallest absolute Gasteiger partial charge is 0.0628 e. The predicted octanol–water partition coefficient (Wildman–Crippen LogP) is 1.28. The van der Waals surface area contributed by atoms with Crippen LogP contribution < -0.4 is 5.32 Å². The Balaban J connectivity index is 2.11. The Bertz CT molecular complexity index is 322. The Morgan fingerprint density at radius 3 is 2.44 bits per heavy atom. The van der Waals surface area contributed by atoms with E-state index >= 15 is 0 Å². The van der Waals surface area contributed by atoms with Gasteiger partial charge in [0.25, 0.3) is 0 Å². The largest absolute Gasteiger partial charge is 0.394 e. The van der Waals surface area contributed by atoms with Gasteiger partial charge in [0.1, 0.15) is 0 Å². The molecule has 0 aromatic heterocycles. The molecule has 1 aromatic rings. The Hall–Kier alpha value is -0.610. The standard InChI is InChI=1S/C12H17ClN2O/c13-11-3-1-10(2-4-11)12(9-16)15-7-5-14-6-8-15/h1-4,12,14,16H,5-9H2/t12-/m1/s1. The number of rotatable bonds is 3. The van der Waals surface area contributed by atoms with Crippen molar-refractivity contribution in [3.05, 3.63) is 34.9 Å². The van der Waals surface area contributed by atoms with Crippen molar-refractivity contribution >= 4 is 11.6 Å². The lowest BCUT2D eigenvalue weighted by molar-refractivity contribution is 0.111. The average Bonchev–Trinajstić information content (AvgIpc) is 2.34. The Morgan fingerprint density at radius 2 is 1.88 bits per heavy atom. The number of benzene rings is 1. The van der Waals surface area contributed by atoms with Crippen LogP contribution in [0, 0.1) is 0 Å². The highest BCUT2D eigenvalue weighted by Crippen LogP contribution is 2.22. The van der Waals surface area contributed by atoms with Gasteiger partial charge in [0.15, 0.2) is 0 Å². The van der Waals surface area contributed by atoms with Crippen LogP contribution in [0.15, 0.2) is 24.3 Å². The molecule has 4 heteroatoms. The lowest BCUT2D eigenvalue weighted by Gasteiger charge is -2.34. The lowest BCUT2D eigenvalue weighted by atomic mass is 10.1. The molecule has 0 bridgehead atoms. The van der Waals surface area contributed by atoms with E-state index in [0.717, 1.165) is 36.8 Å². The second-order valence-electron chi connectivity index (χ2n) is 4.04. The van der Waals surface area contributed by atoms with Crippen LogP contribution in [0.3, 0.4) is 0 Å². The molecule has 88 valence electrons. The zero-order chi connectivity index (χ0) is 11.4. The highest BCUT2D eigenvalue weighted by molar-refractivity contribution is 6.30. The van der Waals surface area contributed by atoms with Gasteiger partial charge in [0.2, 0.25) is 0 Å². The van der Waals surface area contributed by atoms with Gasteiger partial charge >= 0.3 is 0 Å². The molecule has 1 saturated heterocycles. The molecule has 0 saturated carbocycles. The molecule has 0 unspecified atom stereocenters. The molecule has 0 radical (unpaired) electrons. The van der Waals surface area contributed by atoms with Gasteiger partial charge in [-0.1, -0.05) is 23.7 Å². The van der Waals surface area contributed by atoms with E-state index < -0.39 is 0 Å². The van der Waals surface area contributed by atoms with Crippen LogP contribution in [0.5, 0.6) is 0 Å². The molecule has 1 fully saturated rings. The van der Waals surface area contributed by atoms with Crippen LogP contribution in [0.25, 0.3) is 0 Å². The van der Waals surface area contributed by atoms with Crippen molar-refractivity contribution in [3.8, 4) is 0 Å². The van der Waals surface area contributed by atoms with Crippen molar-refractivity contribution in [1.29, 1.82) is 0 Å². The molecule has 1 aliphatic rings. The number of aliphatic hydroxyl groups is 1. The summed E-state index contributed by atoms with van der Waals surface area (Å²) < 4.78 is 0. The summed E-state index contributed by atoms with van der Waals surface area (Å²) in [6, 6.07) is 7.83. The monoisotopic (exact) mass is 240 g/mol. The number of nitrogens with one attached hydrogen (secondary N) is 1. The van der Waals surface area contributed by atoms with Crippen molar-refractivity contribution in [2.24, 2.45) is 0 Å². The topological polar surface area (TPSA) is 35.5 Å². The average molecular weight is 241 g/mol. The molecule has 3 nitrogen and oxygen atoms in total. The molecule has 0 spiro atoms. The number of hydrogen-bond acceptors (Lipinski definition) is 3. The Kier molecular flexibility index (Phi) is 4.18. The van der Waals surface area contributed by atoms with E-state index in [4.69, 9.17) is 11.6 Å². The van der Waals surface area contributed by atoms with Crippen molar-refractivity contribution in [3.63, 3.8) is 0 Å². The van der Waals surface area contributed by atoms with E-state index in [9.17, 15) is 5.11 Å². The zero-order valence-corrected chi connectivity index (χ0v) is 9.95. The highest BCUT2D eigenvalue weighted by Gasteiger charge is 2.20. The quantitative estimate of drug-likeness (QED) is 0.836. The Morgan fingerprint density at radius 1 is 1.25 bits per heavy atom. The second-order valence-corrected chi connectivity index (χ2v) is 4.47. The van der Waals surface area contributed by atoms with Gasteiger partial charge in [0.05, 0.1) is 12.6 Å². The fourth-order valence-corrected chi connectivity index (χ4v) is 2.24. The minimum Gasteiger partial charge on any atom is -0.394 e. The summed E-state index contributed by atoms with van der Waals surface area (Å²) in [6.45, 7) is 4.09. The molecule has 2 rings (SSSR count). The van der Waals surface area contributed by atoms with Crippen LogP contribution in [0.1, 0.15) is 11.6 Å². The Labute approximate surface area is 101 Å². The van der Waals surface area contributed by atoms with Crippen LogP contribution in [-0.4, -0.2) is 42.8 Å². The summed E-state index contributed by atoms with van der Waals surface area (Å²) in [4.78, 5) is 2.31.